The van der Waals surface area contributed by atoms with Crippen molar-refractivity contribution in [3.05, 3.63) is 74.6 Å². The van der Waals surface area contributed by atoms with Crippen molar-refractivity contribution >= 4 is 61.3 Å². The predicted octanol–water partition coefficient (Wildman–Crippen LogP) is 3.89. The standard InChI is InChI=1S/C22H18ClN5O4S2/c1-12-25-18-11-17-13(8-9-24-17)10-16(18)21(29)28(12)15-4-2-14(3-5-15)26-22(30)27-34(31,32)20-7-6-19(23)33-20/h2-7,10-11,24H,8-9H2,1H3,(H2,26,27,30). The van der Waals surface area contributed by atoms with E-state index in [1.807, 2.05) is 16.9 Å². The average molecular weight is 516 g/mol. The first-order valence-electron chi connectivity index (χ1n) is 10.2. The van der Waals surface area contributed by atoms with E-state index in [1.165, 1.54) is 16.7 Å². The maximum atomic E-state index is 13.3. The Morgan fingerprint density at radius 1 is 1.18 bits per heavy atom. The second kappa shape index (κ2) is 8.42. The minimum atomic E-state index is -4.03. The molecule has 4 aromatic rings. The number of anilines is 2. The zero-order chi connectivity index (χ0) is 24.0. The maximum absolute atomic E-state index is 13.3. The SMILES string of the molecule is Cc1nc2cc3c(cc2c(=O)n1-c1ccc(NC(=O)NS(=O)(=O)c2ccc(Cl)s2)cc1)CCN3. The first-order chi connectivity index (χ1) is 16.2. The highest BCUT2D eigenvalue weighted by atomic mass is 35.5. The van der Waals surface area contributed by atoms with Crippen LogP contribution in [0.5, 0.6) is 0 Å². The van der Waals surface area contributed by atoms with Crippen molar-refractivity contribution in [3.8, 4) is 5.69 Å². The lowest BCUT2D eigenvalue weighted by molar-refractivity contribution is 0.256. The Hall–Kier alpha value is -3.41. The Morgan fingerprint density at radius 2 is 1.94 bits per heavy atom. The summed E-state index contributed by atoms with van der Waals surface area (Å²) in [6.07, 6.45) is 0.857. The second-order valence-corrected chi connectivity index (χ2v) is 11.3. The number of benzene rings is 2. The van der Waals surface area contributed by atoms with Crippen LogP contribution in [-0.4, -0.2) is 30.5 Å². The number of aromatic nitrogens is 2. The highest BCUT2D eigenvalue weighted by Gasteiger charge is 2.20. The third-order valence-corrected chi connectivity index (χ3v) is 8.45. The van der Waals surface area contributed by atoms with Crippen molar-refractivity contribution in [2.45, 2.75) is 17.6 Å². The summed E-state index contributed by atoms with van der Waals surface area (Å²) in [5.74, 6) is 0.523. The molecular weight excluding hydrogens is 498 g/mol. The van der Waals surface area contributed by atoms with Crippen LogP contribution in [-0.2, 0) is 16.4 Å². The van der Waals surface area contributed by atoms with E-state index in [2.05, 4.69) is 15.6 Å². The van der Waals surface area contributed by atoms with Gasteiger partial charge in [-0.25, -0.2) is 22.9 Å². The number of thiophene rings is 1. The first kappa shape index (κ1) is 22.4. The van der Waals surface area contributed by atoms with E-state index in [0.717, 1.165) is 35.6 Å². The topological polar surface area (TPSA) is 122 Å². The largest absolute Gasteiger partial charge is 0.384 e. The second-order valence-electron chi connectivity index (χ2n) is 7.67. The number of carbonyl (C=O) groups is 1. The van der Waals surface area contributed by atoms with Crippen molar-refractivity contribution in [2.24, 2.45) is 0 Å². The third-order valence-electron chi connectivity index (χ3n) is 5.39. The number of halogens is 1. The number of amides is 2. The Bertz CT molecular complexity index is 1610. The van der Waals surface area contributed by atoms with E-state index >= 15 is 0 Å². The molecule has 174 valence electrons. The van der Waals surface area contributed by atoms with Crippen LogP contribution in [0.4, 0.5) is 16.2 Å². The van der Waals surface area contributed by atoms with Crippen LogP contribution in [0, 0.1) is 6.92 Å². The van der Waals surface area contributed by atoms with Crippen LogP contribution < -0.4 is 20.9 Å². The molecule has 0 radical (unpaired) electrons. The number of nitrogens with one attached hydrogen (secondary N) is 3. The van der Waals surface area contributed by atoms with Gasteiger partial charge in [-0.3, -0.25) is 9.36 Å². The molecule has 3 heterocycles. The quantitative estimate of drug-likeness (QED) is 0.379. The van der Waals surface area contributed by atoms with Gasteiger partial charge in [0.15, 0.2) is 0 Å². The van der Waals surface area contributed by atoms with Crippen LogP contribution in [0.2, 0.25) is 4.34 Å². The molecule has 2 aromatic heterocycles. The number of nitrogens with zero attached hydrogens (tertiary/aromatic N) is 2. The molecule has 0 unspecified atom stereocenters. The van der Waals surface area contributed by atoms with Gasteiger partial charge in [-0.2, -0.15) is 0 Å². The summed E-state index contributed by atoms with van der Waals surface area (Å²) < 4.78 is 28.2. The Kier molecular flexibility index (Phi) is 5.54. The highest BCUT2D eigenvalue weighted by molar-refractivity contribution is 7.92. The van der Waals surface area contributed by atoms with Gasteiger partial charge in [0.2, 0.25) is 0 Å². The van der Waals surface area contributed by atoms with Crippen LogP contribution >= 0.6 is 22.9 Å². The molecule has 12 heteroatoms. The van der Waals surface area contributed by atoms with Crippen molar-refractivity contribution in [2.75, 3.05) is 17.2 Å². The van der Waals surface area contributed by atoms with E-state index in [4.69, 9.17) is 11.6 Å². The Balaban J connectivity index is 1.38. The molecule has 34 heavy (non-hydrogen) atoms. The van der Waals surface area contributed by atoms with E-state index in [0.29, 0.717) is 32.4 Å². The summed E-state index contributed by atoms with van der Waals surface area (Å²) in [5, 5.41) is 6.30. The molecule has 0 fully saturated rings. The van der Waals surface area contributed by atoms with Gasteiger partial charge in [-0.05, 0) is 67.4 Å². The average Bonchev–Trinajstić information content (AvgIpc) is 3.42. The molecule has 2 aromatic carbocycles. The summed E-state index contributed by atoms with van der Waals surface area (Å²) in [5.41, 5.74) is 3.47. The fourth-order valence-corrected chi connectivity index (χ4v) is 6.25. The fourth-order valence-electron chi connectivity index (χ4n) is 3.86. The van der Waals surface area contributed by atoms with Crippen molar-refractivity contribution < 1.29 is 13.2 Å². The summed E-state index contributed by atoms with van der Waals surface area (Å²) in [6.45, 7) is 2.59. The number of aryl methyl sites for hydroxylation is 1. The third kappa shape index (κ3) is 4.13. The molecule has 0 atom stereocenters. The van der Waals surface area contributed by atoms with Crippen LogP contribution in [0.25, 0.3) is 16.6 Å². The molecule has 1 aliphatic rings. The predicted molar refractivity (Wildman–Crippen MR) is 133 cm³/mol. The molecule has 0 aliphatic carbocycles. The molecule has 1 aliphatic heterocycles. The van der Waals surface area contributed by atoms with Crippen LogP contribution in [0.1, 0.15) is 11.4 Å². The van der Waals surface area contributed by atoms with Gasteiger partial charge in [0.05, 0.1) is 20.9 Å². The summed E-state index contributed by atoms with van der Waals surface area (Å²) in [7, 11) is -4.03. The lowest BCUT2D eigenvalue weighted by atomic mass is 10.1. The molecule has 5 rings (SSSR count). The normalized spacial score (nSPS) is 12.9. The van der Waals surface area contributed by atoms with Gasteiger partial charge in [-0.15, -0.1) is 11.3 Å². The lowest BCUT2D eigenvalue weighted by Crippen LogP contribution is -2.33. The van der Waals surface area contributed by atoms with E-state index in [1.54, 1.807) is 31.2 Å². The molecular formula is C22H18ClN5O4S2. The zero-order valence-corrected chi connectivity index (χ0v) is 20.1. The minimum Gasteiger partial charge on any atom is -0.384 e. The molecule has 9 nitrogen and oxygen atoms in total. The number of rotatable bonds is 4. The number of hydrogen-bond acceptors (Lipinski definition) is 7. The van der Waals surface area contributed by atoms with Crippen molar-refractivity contribution in [1.29, 1.82) is 0 Å². The van der Waals surface area contributed by atoms with Crippen molar-refractivity contribution in [3.63, 3.8) is 0 Å². The zero-order valence-electron chi connectivity index (χ0n) is 17.8. The molecule has 0 saturated carbocycles. The maximum Gasteiger partial charge on any atom is 0.333 e. The van der Waals surface area contributed by atoms with Gasteiger partial charge >= 0.3 is 6.03 Å². The minimum absolute atomic E-state index is 0.0666. The number of urea groups is 1. The molecule has 3 N–H and O–H groups in total. The van der Waals surface area contributed by atoms with Crippen molar-refractivity contribution in [1.82, 2.24) is 14.3 Å². The van der Waals surface area contributed by atoms with E-state index in [-0.39, 0.29) is 9.77 Å². The smallest absolute Gasteiger partial charge is 0.333 e. The summed E-state index contributed by atoms with van der Waals surface area (Å²) >= 11 is 6.62. The van der Waals surface area contributed by atoms with Crippen LogP contribution in [0.3, 0.4) is 0 Å². The van der Waals surface area contributed by atoms with Gasteiger partial charge in [-0.1, -0.05) is 11.6 Å². The Morgan fingerprint density at radius 3 is 2.65 bits per heavy atom. The lowest BCUT2D eigenvalue weighted by Gasteiger charge is -2.13. The summed E-state index contributed by atoms with van der Waals surface area (Å²) in [6, 6.07) is 12.1. The summed E-state index contributed by atoms with van der Waals surface area (Å²) in [4.78, 5) is 30.1. The van der Waals surface area contributed by atoms with E-state index < -0.39 is 16.1 Å². The first-order valence-corrected chi connectivity index (χ1v) is 12.9. The van der Waals surface area contributed by atoms with Gasteiger partial charge in [0.1, 0.15) is 10.0 Å². The van der Waals surface area contributed by atoms with Gasteiger partial charge in [0, 0.05) is 17.9 Å². The number of carbonyl (C=O) groups excluding carboxylic acids is 1. The number of fused-ring (bicyclic) bond motifs is 2. The van der Waals surface area contributed by atoms with E-state index in [9.17, 15) is 18.0 Å². The monoisotopic (exact) mass is 515 g/mol. The number of sulfonamides is 1. The molecule has 0 bridgehead atoms. The fraction of sp³-hybridized carbons (Fsp3) is 0.136. The van der Waals surface area contributed by atoms with Gasteiger partial charge in [0.25, 0.3) is 15.6 Å². The van der Waals surface area contributed by atoms with Gasteiger partial charge < -0.3 is 10.6 Å². The number of hydrogen-bond donors (Lipinski definition) is 3. The molecule has 0 saturated heterocycles. The van der Waals surface area contributed by atoms with Crippen LogP contribution in [0.15, 0.2) is 57.5 Å². The Labute approximate surface area is 203 Å². The molecule has 0 spiro atoms. The molecule has 2 amide bonds. The highest BCUT2D eigenvalue weighted by Crippen LogP contribution is 2.27.